The molecular formula is C24H20Cl2N2O4. The second kappa shape index (κ2) is 10.8. The normalized spacial score (nSPS) is 10.8. The van der Waals surface area contributed by atoms with Crippen molar-refractivity contribution in [3.63, 3.8) is 0 Å². The first kappa shape index (κ1) is 23.3. The molecule has 0 radical (unpaired) electrons. The van der Waals surface area contributed by atoms with E-state index in [1.807, 2.05) is 32.0 Å². The first-order valence-corrected chi connectivity index (χ1v) is 10.4. The Kier molecular flexibility index (Phi) is 7.87. The van der Waals surface area contributed by atoms with Crippen molar-refractivity contribution in [2.75, 3.05) is 6.61 Å². The van der Waals surface area contributed by atoms with E-state index in [1.54, 1.807) is 30.3 Å². The van der Waals surface area contributed by atoms with Crippen molar-refractivity contribution in [2.45, 2.75) is 13.8 Å². The Morgan fingerprint density at radius 2 is 1.78 bits per heavy atom. The third kappa shape index (κ3) is 6.57. The van der Waals surface area contributed by atoms with Crippen LogP contribution in [0.2, 0.25) is 10.0 Å². The molecule has 0 aliphatic carbocycles. The molecule has 3 rings (SSSR count). The highest BCUT2D eigenvalue weighted by Crippen LogP contribution is 2.23. The molecule has 0 spiro atoms. The van der Waals surface area contributed by atoms with Gasteiger partial charge in [0.1, 0.15) is 11.5 Å². The van der Waals surface area contributed by atoms with Crippen LogP contribution >= 0.6 is 23.2 Å². The third-order valence-corrected chi connectivity index (χ3v) is 5.02. The van der Waals surface area contributed by atoms with E-state index in [9.17, 15) is 9.59 Å². The van der Waals surface area contributed by atoms with Gasteiger partial charge in [0, 0.05) is 5.02 Å². The molecule has 1 N–H and O–H groups in total. The lowest BCUT2D eigenvalue weighted by molar-refractivity contribution is -0.123. The highest BCUT2D eigenvalue weighted by atomic mass is 35.5. The summed E-state index contributed by atoms with van der Waals surface area (Å²) in [5.74, 6) is -0.103. The smallest absolute Gasteiger partial charge is 0.345 e. The van der Waals surface area contributed by atoms with Crippen LogP contribution in [0.4, 0.5) is 0 Å². The Bertz CT molecular complexity index is 1180. The molecule has 0 bridgehead atoms. The second-order valence-corrected chi connectivity index (χ2v) is 7.76. The van der Waals surface area contributed by atoms with Gasteiger partial charge in [0.15, 0.2) is 6.61 Å². The lowest BCUT2D eigenvalue weighted by Gasteiger charge is -2.07. The molecule has 32 heavy (non-hydrogen) atoms. The molecule has 1 amide bonds. The number of ether oxygens (including phenoxy) is 2. The molecule has 0 unspecified atom stereocenters. The number of hydrazone groups is 1. The fraction of sp³-hybridized carbons (Fsp3) is 0.125. The first-order valence-electron chi connectivity index (χ1n) is 9.61. The average Bonchev–Trinajstić information content (AvgIpc) is 2.75. The standard InChI is InChI=1S/C24H20Cl2N2O4/c1-15-6-8-19(10-16(15)2)31-14-23(29)28-27-13-17-4-3-5-20(11-17)32-24(30)21-9-7-18(25)12-22(21)26/h3-13H,14H2,1-2H3,(H,28,29)/b27-13+. The number of hydrogen-bond donors (Lipinski definition) is 1. The van der Waals surface area contributed by atoms with Crippen molar-refractivity contribution in [1.82, 2.24) is 5.43 Å². The molecule has 0 fully saturated rings. The van der Waals surface area contributed by atoms with Crippen LogP contribution in [0, 0.1) is 13.8 Å². The molecule has 0 heterocycles. The zero-order valence-corrected chi connectivity index (χ0v) is 18.9. The zero-order valence-electron chi connectivity index (χ0n) is 17.4. The fourth-order valence-corrected chi connectivity index (χ4v) is 3.12. The van der Waals surface area contributed by atoms with Crippen LogP contribution in [0.1, 0.15) is 27.0 Å². The van der Waals surface area contributed by atoms with Crippen LogP contribution in [-0.2, 0) is 4.79 Å². The van der Waals surface area contributed by atoms with Gasteiger partial charge in [-0.2, -0.15) is 5.10 Å². The van der Waals surface area contributed by atoms with Gasteiger partial charge in [-0.1, -0.05) is 41.4 Å². The summed E-state index contributed by atoms with van der Waals surface area (Å²) >= 11 is 11.9. The lowest BCUT2D eigenvalue weighted by atomic mass is 10.1. The largest absolute Gasteiger partial charge is 0.484 e. The second-order valence-electron chi connectivity index (χ2n) is 6.91. The van der Waals surface area contributed by atoms with Crippen molar-refractivity contribution >= 4 is 41.3 Å². The maximum absolute atomic E-state index is 12.3. The highest BCUT2D eigenvalue weighted by molar-refractivity contribution is 6.36. The summed E-state index contributed by atoms with van der Waals surface area (Å²) in [6.07, 6.45) is 1.43. The SMILES string of the molecule is Cc1ccc(OCC(=O)N/N=C/c2cccc(OC(=O)c3ccc(Cl)cc3Cl)c2)cc1C. The van der Waals surface area contributed by atoms with E-state index in [0.717, 1.165) is 11.1 Å². The number of amides is 1. The van der Waals surface area contributed by atoms with Gasteiger partial charge in [0.2, 0.25) is 0 Å². The Balaban J connectivity index is 1.53. The summed E-state index contributed by atoms with van der Waals surface area (Å²) in [6.45, 7) is 3.81. The molecular weight excluding hydrogens is 451 g/mol. The lowest BCUT2D eigenvalue weighted by Crippen LogP contribution is -2.24. The number of nitrogens with one attached hydrogen (secondary N) is 1. The number of aryl methyl sites for hydroxylation is 2. The van der Waals surface area contributed by atoms with E-state index < -0.39 is 11.9 Å². The Hall–Kier alpha value is -3.35. The molecule has 0 aliphatic rings. The van der Waals surface area contributed by atoms with Gasteiger partial charge in [-0.3, -0.25) is 4.79 Å². The van der Waals surface area contributed by atoms with E-state index in [-0.39, 0.29) is 17.2 Å². The molecule has 8 heteroatoms. The summed E-state index contributed by atoms with van der Waals surface area (Å²) in [6, 6.07) is 16.8. The van der Waals surface area contributed by atoms with Crippen LogP contribution < -0.4 is 14.9 Å². The molecule has 0 aliphatic heterocycles. The summed E-state index contributed by atoms with van der Waals surface area (Å²) in [4.78, 5) is 24.3. The topological polar surface area (TPSA) is 77.0 Å². The maximum atomic E-state index is 12.3. The molecule has 3 aromatic carbocycles. The number of benzene rings is 3. The van der Waals surface area contributed by atoms with E-state index in [2.05, 4.69) is 10.5 Å². The van der Waals surface area contributed by atoms with Gasteiger partial charge < -0.3 is 9.47 Å². The van der Waals surface area contributed by atoms with Gasteiger partial charge in [-0.05, 0) is 73.0 Å². The molecule has 0 aromatic heterocycles. The summed E-state index contributed by atoms with van der Waals surface area (Å²) in [5.41, 5.74) is 5.44. The molecule has 0 atom stereocenters. The van der Waals surface area contributed by atoms with Crippen LogP contribution in [0.15, 0.2) is 65.8 Å². The summed E-state index contributed by atoms with van der Waals surface area (Å²) in [5, 5.41) is 4.53. The number of rotatable bonds is 7. The average molecular weight is 471 g/mol. The fourth-order valence-electron chi connectivity index (χ4n) is 2.64. The Labute approximate surface area is 195 Å². The summed E-state index contributed by atoms with van der Waals surface area (Å²) < 4.78 is 10.8. The van der Waals surface area contributed by atoms with Gasteiger partial charge in [-0.15, -0.1) is 0 Å². The van der Waals surface area contributed by atoms with Crippen molar-refractivity contribution < 1.29 is 19.1 Å². The minimum Gasteiger partial charge on any atom is -0.484 e. The molecule has 0 saturated carbocycles. The van der Waals surface area contributed by atoms with E-state index >= 15 is 0 Å². The highest BCUT2D eigenvalue weighted by Gasteiger charge is 2.13. The van der Waals surface area contributed by atoms with E-state index in [4.69, 9.17) is 32.7 Å². The van der Waals surface area contributed by atoms with Gasteiger partial charge in [0.25, 0.3) is 5.91 Å². The van der Waals surface area contributed by atoms with Crippen LogP contribution in [0.3, 0.4) is 0 Å². The van der Waals surface area contributed by atoms with Crippen molar-refractivity contribution in [3.05, 3.63) is 93.0 Å². The van der Waals surface area contributed by atoms with Gasteiger partial charge in [-0.25, -0.2) is 10.2 Å². The number of nitrogens with zero attached hydrogens (tertiary/aromatic N) is 1. The van der Waals surface area contributed by atoms with Crippen molar-refractivity contribution in [2.24, 2.45) is 5.10 Å². The summed E-state index contributed by atoms with van der Waals surface area (Å²) in [7, 11) is 0. The van der Waals surface area contributed by atoms with Crippen LogP contribution in [0.25, 0.3) is 0 Å². The number of carbonyl (C=O) groups excluding carboxylic acids is 2. The molecule has 3 aromatic rings. The van der Waals surface area contributed by atoms with Crippen LogP contribution in [0.5, 0.6) is 11.5 Å². The predicted octanol–water partition coefficient (Wildman–Crippen LogP) is 5.36. The third-order valence-electron chi connectivity index (χ3n) is 4.47. The Morgan fingerprint density at radius 1 is 0.969 bits per heavy atom. The number of hydrogen-bond acceptors (Lipinski definition) is 5. The van der Waals surface area contributed by atoms with E-state index in [0.29, 0.717) is 22.1 Å². The molecule has 0 saturated heterocycles. The van der Waals surface area contributed by atoms with Gasteiger partial charge in [0.05, 0.1) is 16.8 Å². The predicted molar refractivity (Wildman–Crippen MR) is 125 cm³/mol. The van der Waals surface area contributed by atoms with Crippen molar-refractivity contribution in [1.29, 1.82) is 0 Å². The van der Waals surface area contributed by atoms with Crippen molar-refractivity contribution in [3.8, 4) is 11.5 Å². The Morgan fingerprint density at radius 3 is 2.53 bits per heavy atom. The van der Waals surface area contributed by atoms with E-state index in [1.165, 1.54) is 18.3 Å². The number of esters is 1. The van der Waals surface area contributed by atoms with Crippen LogP contribution in [-0.4, -0.2) is 24.7 Å². The number of halogens is 2. The minimum absolute atomic E-state index is 0.167. The first-order chi connectivity index (χ1) is 15.3. The number of carbonyl (C=O) groups is 2. The molecule has 6 nitrogen and oxygen atoms in total. The monoisotopic (exact) mass is 470 g/mol. The minimum atomic E-state index is -0.613. The van der Waals surface area contributed by atoms with Gasteiger partial charge >= 0.3 is 5.97 Å². The quantitative estimate of drug-likeness (QED) is 0.218. The zero-order chi connectivity index (χ0) is 23.1. The maximum Gasteiger partial charge on any atom is 0.345 e. The molecule has 164 valence electrons.